The number of hydrogen-bond donors (Lipinski definition) is 2. The predicted octanol–water partition coefficient (Wildman–Crippen LogP) is 2.64. The van der Waals surface area contributed by atoms with Gasteiger partial charge in [-0.1, -0.05) is 6.42 Å². The minimum absolute atomic E-state index is 0. The zero-order valence-electron chi connectivity index (χ0n) is 16.9. The zero-order chi connectivity index (χ0) is 20.0. The Hall–Kier alpha value is -2.12. The van der Waals surface area contributed by atoms with Crippen molar-refractivity contribution in [3.63, 3.8) is 0 Å². The largest absolute Gasteiger partial charge is 0.331 e. The second-order valence-corrected chi connectivity index (χ2v) is 8.53. The lowest BCUT2D eigenvalue weighted by atomic mass is 10.0. The summed E-state index contributed by atoms with van der Waals surface area (Å²) in [7, 11) is 0. The van der Waals surface area contributed by atoms with Gasteiger partial charge in [0.2, 0.25) is 5.91 Å². The van der Waals surface area contributed by atoms with Crippen molar-refractivity contribution in [1.29, 1.82) is 0 Å². The number of rotatable bonds is 5. The number of carbonyl (C=O) groups is 1. The molecule has 1 heterocycles. The van der Waals surface area contributed by atoms with Crippen LogP contribution in [0.2, 0.25) is 0 Å². The van der Waals surface area contributed by atoms with Gasteiger partial charge in [0.15, 0.2) is 0 Å². The molecule has 2 aliphatic rings. The number of carbonyl (C=O) groups excluding carboxylic acids is 1. The molecule has 0 saturated heterocycles. The van der Waals surface area contributed by atoms with Crippen LogP contribution in [0.1, 0.15) is 52.0 Å². The van der Waals surface area contributed by atoms with E-state index in [0.29, 0.717) is 29.1 Å². The molecule has 3 N–H and O–H groups in total. The number of benzene rings is 1. The summed E-state index contributed by atoms with van der Waals surface area (Å²) >= 11 is 0. The van der Waals surface area contributed by atoms with Gasteiger partial charge in [-0.3, -0.25) is 18.7 Å². The quantitative estimate of drug-likeness (QED) is 0.776. The van der Waals surface area contributed by atoms with Crippen LogP contribution >= 0.6 is 12.4 Å². The van der Waals surface area contributed by atoms with E-state index in [1.165, 1.54) is 4.57 Å². The van der Waals surface area contributed by atoms with Crippen LogP contribution in [0.3, 0.4) is 0 Å². The molecule has 7 nitrogen and oxygen atoms in total. The number of anilines is 1. The Morgan fingerprint density at radius 1 is 1.21 bits per heavy atom. The Labute approximate surface area is 175 Å². The van der Waals surface area contributed by atoms with Crippen LogP contribution < -0.4 is 22.3 Å². The number of nitrogens with zero attached hydrogens (tertiary/aromatic N) is 2. The number of fused-ring (bicyclic) bond motifs is 1. The average Bonchev–Trinajstić information content (AvgIpc) is 3.37. The highest BCUT2D eigenvalue weighted by Crippen LogP contribution is 2.30. The lowest BCUT2D eigenvalue weighted by molar-refractivity contribution is -0.120. The number of nitrogens with two attached hydrogens (primary N) is 1. The van der Waals surface area contributed by atoms with E-state index >= 15 is 0 Å². The van der Waals surface area contributed by atoms with Gasteiger partial charge >= 0.3 is 5.69 Å². The second-order valence-electron chi connectivity index (χ2n) is 8.53. The summed E-state index contributed by atoms with van der Waals surface area (Å²) in [5.74, 6) is 0.127. The van der Waals surface area contributed by atoms with Crippen LogP contribution in [0.25, 0.3) is 10.9 Å². The van der Waals surface area contributed by atoms with Gasteiger partial charge in [0.1, 0.15) is 0 Å². The molecule has 4 rings (SSSR count). The van der Waals surface area contributed by atoms with Gasteiger partial charge in [-0.25, -0.2) is 4.79 Å². The maximum atomic E-state index is 13.1. The van der Waals surface area contributed by atoms with E-state index in [9.17, 15) is 14.4 Å². The molecule has 1 aromatic carbocycles. The van der Waals surface area contributed by atoms with E-state index in [1.54, 1.807) is 22.8 Å². The van der Waals surface area contributed by atoms with Crippen molar-refractivity contribution in [2.24, 2.45) is 17.6 Å². The fourth-order valence-corrected chi connectivity index (χ4v) is 4.23. The first-order chi connectivity index (χ1) is 13.4. The van der Waals surface area contributed by atoms with Crippen molar-refractivity contribution >= 4 is 34.9 Å². The van der Waals surface area contributed by atoms with Gasteiger partial charge in [0.25, 0.3) is 5.56 Å². The average molecular weight is 421 g/mol. The molecule has 2 saturated carbocycles. The van der Waals surface area contributed by atoms with E-state index in [-0.39, 0.29) is 47.6 Å². The third kappa shape index (κ3) is 4.12. The van der Waals surface area contributed by atoms with Crippen LogP contribution in [0.5, 0.6) is 0 Å². The lowest BCUT2D eigenvalue weighted by Gasteiger charge is -2.18. The molecule has 0 spiro atoms. The highest BCUT2D eigenvalue weighted by atomic mass is 35.5. The molecule has 8 heteroatoms. The summed E-state index contributed by atoms with van der Waals surface area (Å²) in [5, 5.41) is 3.38. The van der Waals surface area contributed by atoms with Crippen molar-refractivity contribution in [2.45, 2.75) is 64.6 Å². The summed E-state index contributed by atoms with van der Waals surface area (Å²) < 4.78 is 3.02. The smallest absolute Gasteiger partial charge is 0.327 e. The molecule has 0 bridgehead atoms. The van der Waals surface area contributed by atoms with Gasteiger partial charge in [0, 0.05) is 24.3 Å². The Morgan fingerprint density at radius 2 is 1.93 bits per heavy atom. The zero-order valence-corrected chi connectivity index (χ0v) is 17.7. The Balaban J connectivity index is 0.00000240. The molecule has 0 aliphatic heterocycles. The fraction of sp³-hybridized carbons (Fsp3) is 0.571. The predicted molar refractivity (Wildman–Crippen MR) is 117 cm³/mol. The molecule has 0 radical (unpaired) electrons. The highest BCUT2D eigenvalue weighted by molar-refractivity contribution is 5.95. The summed E-state index contributed by atoms with van der Waals surface area (Å²) in [6.07, 6.45) is 4.74. The monoisotopic (exact) mass is 420 g/mol. The van der Waals surface area contributed by atoms with Gasteiger partial charge < -0.3 is 11.1 Å². The van der Waals surface area contributed by atoms with Crippen LogP contribution in [-0.2, 0) is 11.3 Å². The Morgan fingerprint density at radius 3 is 2.52 bits per heavy atom. The van der Waals surface area contributed by atoms with E-state index in [0.717, 1.165) is 32.1 Å². The Kier molecular flexibility index (Phi) is 6.19. The molecule has 2 aromatic rings. The van der Waals surface area contributed by atoms with Crippen LogP contribution in [0.4, 0.5) is 5.69 Å². The number of hydrogen-bond acceptors (Lipinski definition) is 4. The number of aromatic nitrogens is 2. The van der Waals surface area contributed by atoms with E-state index in [4.69, 9.17) is 5.73 Å². The van der Waals surface area contributed by atoms with E-state index < -0.39 is 0 Å². The Bertz CT molecular complexity index is 1040. The fourth-order valence-electron chi connectivity index (χ4n) is 4.23. The molecule has 29 heavy (non-hydrogen) atoms. The minimum atomic E-state index is -0.280. The van der Waals surface area contributed by atoms with Crippen molar-refractivity contribution in [3.05, 3.63) is 39.0 Å². The second kappa shape index (κ2) is 8.32. The normalized spacial score (nSPS) is 21.4. The molecule has 2 aliphatic carbocycles. The minimum Gasteiger partial charge on any atom is -0.327 e. The molecule has 0 unspecified atom stereocenters. The van der Waals surface area contributed by atoms with Crippen LogP contribution in [-0.4, -0.2) is 21.1 Å². The molecule has 158 valence electrons. The van der Waals surface area contributed by atoms with Crippen molar-refractivity contribution in [3.8, 4) is 0 Å². The summed E-state index contributed by atoms with van der Waals surface area (Å²) in [6.45, 7) is 4.34. The molecular weight excluding hydrogens is 392 g/mol. The lowest BCUT2D eigenvalue weighted by Crippen LogP contribution is -2.41. The molecule has 1 amide bonds. The molecule has 2 fully saturated rings. The standard InChI is InChI=1S/C21H28N4O3.ClH/c1-12(2)25-18-9-8-14(23-19(26)15-4-3-5-17(15)22)10-16(18)20(27)24(21(25)28)11-13-6-7-13;/h8-10,12-13,15,17H,3-7,11,22H2,1-2H3,(H,23,26);1H/t15-,17+;/m0./s1. The van der Waals surface area contributed by atoms with Gasteiger partial charge in [-0.05, 0) is 63.6 Å². The maximum absolute atomic E-state index is 13.1. The van der Waals surface area contributed by atoms with Gasteiger partial charge in [-0.15, -0.1) is 12.4 Å². The van der Waals surface area contributed by atoms with Crippen molar-refractivity contribution in [1.82, 2.24) is 9.13 Å². The third-order valence-corrected chi connectivity index (χ3v) is 6.00. The first-order valence-electron chi connectivity index (χ1n) is 10.2. The summed E-state index contributed by atoms with van der Waals surface area (Å²) in [5.41, 5.74) is 6.68. The van der Waals surface area contributed by atoms with Crippen molar-refractivity contribution in [2.75, 3.05) is 5.32 Å². The number of halogens is 1. The molecule has 1 aromatic heterocycles. The summed E-state index contributed by atoms with van der Waals surface area (Å²) in [6, 6.07) is 5.02. The first kappa shape index (κ1) is 21.6. The van der Waals surface area contributed by atoms with Gasteiger partial charge in [-0.2, -0.15) is 0 Å². The topological polar surface area (TPSA) is 99.1 Å². The molecular formula is C21H29ClN4O3. The first-order valence-corrected chi connectivity index (χ1v) is 10.2. The summed E-state index contributed by atoms with van der Waals surface area (Å²) in [4.78, 5) is 38.5. The maximum Gasteiger partial charge on any atom is 0.331 e. The van der Waals surface area contributed by atoms with Crippen LogP contribution in [0, 0.1) is 11.8 Å². The van der Waals surface area contributed by atoms with Gasteiger partial charge in [0.05, 0.1) is 16.8 Å². The third-order valence-electron chi connectivity index (χ3n) is 6.00. The van der Waals surface area contributed by atoms with Crippen molar-refractivity contribution < 1.29 is 4.79 Å². The van der Waals surface area contributed by atoms with E-state index in [2.05, 4.69) is 5.32 Å². The number of nitrogens with one attached hydrogen (secondary N) is 1. The van der Waals surface area contributed by atoms with E-state index in [1.807, 2.05) is 13.8 Å². The molecule has 2 atom stereocenters. The van der Waals surface area contributed by atoms with Crippen LogP contribution in [0.15, 0.2) is 27.8 Å². The highest BCUT2D eigenvalue weighted by Gasteiger charge is 2.30. The SMILES string of the molecule is CC(C)n1c(=O)n(CC2CC2)c(=O)c2cc(NC(=O)[C@H]3CCC[C@H]3N)ccc21.Cl. The number of amides is 1.